The first-order valence-corrected chi connectivity index (χ1v) is 9.25. The first kappa shape index (κ1) is 20.9. The van der Waals surface area contributed by atoms with Gasteiger partial charge in [0.25, 0.3) is 0 Å². The Morgan fingerprint density at radius 1 is 1.07 bits per heavy atom. The minimum atomic E-state index is -0.236. The van der Waals surface area contributed by atoms with Gasteiger partial charge in [-0.25, -0.2) is 0 Å². The lowest BCUT2D eigenvalue weighted by atomic mass is 10.1. The number of hydrogen-bond donors (Lipinski definition) is 1. The quantitative estimate of drug-likeness (QED) is 0.577. The molecule has 0 atom stereocenters. The fourth-order valence-electron chi connectivity index (χ4n) is 3.01. The number of amides is 1. The Morgan fingerprint density at radius 3 is 2.33 bits per heavy atom. The van der Waals surface area contributed by atoms with Crippen LogP contribution in [0.25, 0.3) is 17.3 Å². The minimum Gasteiger partial charge on any atom is -0.493 e. The molecule has 1 aromatic carbocycles. The molecule has 8 heteroatoms. The Balaban J connectivity index is 1.66. The normalized spacial score (nSPS) is 10.8. The van der Waals surface area contributed by atoms with Gasteiger partial charge in [-0.3, -0.25) is 14.5 Å². The minimum absolute atomic E-state index is 0.236. The molecule has 2 aromatic heterocycles. The lowest BCUT2D eigenvalue weighted by molar-refractivity contribution is -0.116. The molecule has 1 N–H and O–H groups in total. The van der Waals surface area contributed by atoms with Crippen molar-refractivity contribution in [1.29, 1.82) is 0 Å². The number of aromatic nitrogens is 3. The van der Waals surface area contributed by atoms with Gasteiger partial charge in [-0.05, 0) is 42.0 Å². The van der Waals surface area contributed by atoms with Crippen molar-refractivity contribution in [2.45, 2.75) is 6.54 Å². The molecule has 30 heavy (non-hydrogen) atoms. The number of carbonyl (C=O) groups excluding carboxylic acids is 1. The summed E-state index contributed by atoms with van der Waals surface area (Å²) >= 11 is 0. The molecule has 0 unspecified atom stereocenters. The molecule has 0 aliphatic carbocycles. The molecule has 3 aromatic rings. The number of hydrogen-bond acceptors (Lipinski definition) is 6. The largest absolute Gasteiger partial charge is 0.493 e. The first-order valence-electron chi connectivity index (χ1n) is 9.25. The van der Waals surface area contributed by atoms with Gasteiger partial charge in [0.05, 0.1) is 39.3 Å². The van der Waals surface area contributed by atoms with Gasteiger partial charge < -0.3 is 19.5 Å². The summed E-state index contributed by atoms with van der Waals surface area (Å²) in [6, 6.07) is 9.31. The highest BCUT2D eigenvalue weighted by molar-refractivity contribution is 5.91. The van der Waals surface area contributed by atoms with Crippen molar-refractivity contribution in [3.8, 4) is 28.5 Å². The number of nitrogens with zero attached hydrogens (tertiary/aromatic N) is 3. The predicted octanol–water partition coefficient (Wildman–Crippen LogP) is 2.84. The molecule has 0 saturated heterocycles. The van der Waals surface area contributed by atoms with Gasteiger partial charge in [-0.15, -0.1) is 0 Å². The van der Waals surface area contributed by atoms with Crippen LogP contribution in [0.5, 0.6) is 17.2 Å². The molecular weight excluding hydrogens is 384 g/mol. The molecule has 0 radical (unpaired) electrons. The molecule has 156 valence electrons. The van der Waals surface area contributed by atoms with Gasteiger partial charge >= 0.3 is 0 Å². The van der Waals surface area contributed by atoms with E-state index in [0.717, 1.165) is 22.5 Å². The Labute approximate surface area is 175 Å². The van der Waals surface area contributed by atoms with E-state index in [1.54, 1.807) is 56.6 Å². The molecule has 0 fully saturated rings. The van der Waals surface area contributed by atoms with Gasteiger partial charge in [0.2, 0.25) is 11.7 Å². The number of rotatable bonds is 8. The molecule has 0 saturated carbocycles. The zero-order valence-electron chi connectivity index (χ0n) is 17.4. The second-order valence-electron chi connectivity index (χ2n) is 6.39. The molecule has 8 nitrogen and oxygen atoms in total. The van der Waals surface area contributed by atoms with Crippen LogP contribution in [0.15, 0.2) is 48.8 Å². The van der Waals surface area contributed by atoms with Crippen molar-refractivity contribution in [2.75, 3.05) is 21.3 Å². The monoisotopic (exact) mass is 408 g/mol. The number of nitrogens with one attached hydrogen (secondary N) is 1. The maximum atomic E-state index is 12.3. The number of ether oxygens (including phenoxy) is 3. The average molecular weight is 408 g/mol. The summed E-state index contributed by atoms with van der Waals surface area (Å²) in [5.74, 6) is 1.31. The number of pyridine rings is 1. The summed E-state index contributed by atoms with van der Waals surface area (Å²) in [5, 5.41) is 7.29. The zero-order valence-corrected chi connectivity index (χ0v) is 17.4. The number of carbonyl (C=O) groups is 1. The lowest BCUT2D eigenvalue weighted by Crippen LogP contribution is -2.20. The van der Waals surface area contributed by atoms with Crippen molar-refractivity contribution >= 4 is 12.0 Å². The molecule has 1 amide bonds. The highest BCUT2D eigenvalue weighted by atomic mass is 16.5. The third-order valence-corrected chi connectivity index (χ3v) is 4.46. The second kappa shape index (κ2) is 9.60. The molecule has 2 heterocycles. The van der Waals surface area contributed by atoms with Crippen molar-refractivity contribution in [2.24, 2.45) is 7.05 Å². The summed E-state index contributed by atoms with van der Waals surface area (Å²) in [6.07, 6.45) is 6.60. The van der Waals surface area contributed by atoms with Crippen LogP contribution in [0, 0.1) is 0 Å². The van der Waals surface area contributed by atoms with E-state index in [0.29, 0.717) is 23.8 Å². The highest BCUT2D eigenvalue weighted by Crippen LogP contribution is 2.38. The van der Waals surface area contributed by atoms with E-state index in [2.05, 4.69) is 15.4 Å². The number of methoxy groups -OCH3 is 3. The van der Waals surface area contributed by atoms with Gasteiger partial charge in [-0.2, -0.15) is 5.10 Å². The van der Waals surface area contributed by atoms with Crippen LogP contribution in [0.3, 0.4) is 0 Å². The van der Waals surface area contributed by atoms with Gasteiger partial charge in [0.1, 0.15) is 0 Å². The Hall–Kier alpha value is -3.81. The summed E-state index contributed by atoms with van der Waals surface area (Å²) in [6.45, 7) is 0.317. The Kier molecular flexibility index (Phi) is 6.69. The SMILES string of the molecule is COc1cc(C=CC(=O)NCc2cc(-c3ccncc3)n(C)n2)cc(OC)c1OC. The lowest BCUT2D eigenvalue weighted by Gasteiger charge is -2.12. The van der Waals surface area contributed by atoms with Crippen LogP contribution >= 0.6 is 0 Å². The van der Waals surface area contributed by atoms with Gasteiger partial charge in [0, 0.05) is 31.1 Å². The average Bonchev–Trinajstić information content (AvgIpc) is 3.16. The molecule has 0 spiro atoms. The predicted molar refractivity (Wildman–Crippen MR) is 113 cm³/mol. The van der Waals surface area contributed by atoms with Crippen LogP contribution in [0.4, 0.5) is 0 Å². The van der Waals surface area contributed by atoms with Crippen molar-refractivity contribution in [3.63, 3.8) is 0 Å². The van der Waals surface area contributed by atoms with E-state index in [1.165, 1.54) is 6.08 Å². The third kappa shape index (κ3) is 4.78. The molecule has 0 bridgehead atoms. The highest BCUT2D eigenvalue weighted by Gasteiger charge is 2.12. The summed E-state index contributed by atoms with van der Waals surface area (Å²) in [4.78, 5) is 16.3. The van der Waals surface area contributed by atoms with E-state index in [-0.39, 0.29) is 5.91 Å². The van der Waals surface area contributed by atoms with Crippen LogP contribution in [0.2, 0.25) is 0 Å². The van der Waals surface area contributed by atoms with Crippen LogP contribution in [0.1, 0.15) is 11.3 Å². The molecule has 3 rings (SSSR count). The van der Waals surface area contributed by atoms with E-state index in [4.69, 9.17) is 14.2 Å². The number of aryl methyl sites for hydroxylation is 1. The molecule has 0 aliphatic rings. The maximum absolute atomic E-state index is 12.3. The van der Waals surface area contributed by atoms with Gasteiger partial charge in [0.15, 0.2) is 11.5 Å². The van der Waals surface area contributed by atoms with Crippen LogP contribution in [-0.2, 0) is 18.4 Å². The second-order valence-corrected chi connectivity index (χ2v) is 6.39. The Morgan fingerprint density at radius 2 is 1.73 bits per heavy atom. The van der Waals surface area contributed by atoms with Crippen LogP contribution in [-0.4, -0.2) is 42.0 Å². The van der Waals surface area contributed by atoms with E-state index in [1.807, 2.05) is 25.2 Å². The third-order valence-electron chi connectivity index (χ3n) is 4.46. The van der Waals surface area contributed by atoms with Crippen molar-refractivity contribution in [3.05, 3.63) is 60.1 Å². The van der Waals surface area contributed by atoms with E-state index < -0.39 is 0 Å². The summed E-state index contributed by atoms with van der Waals surface area (Å²) < 4.78 is 17.7. The topological polar surface area (TPSA) is 87.5 Å². The van der Waals surface area contributed by atoms with Crippen molar-refractivity contribution in [1.82, 2.24) is 20.1 Å². The van der Waals surface area contributed by atoms with E-state index >= 15 is 0 Å². The smallest absolute Gasteiger partial charge is 0.244 e. The van der Waals surface area contributed by atoms with Crippen molar-refractivity contribution < 1.29 is 19.0 Å². The first-order chi connectivity index (χ1) is 14.5. The summed E-state index contributed by atoms with van der Waals surface area (Å²) in [5.41, 5.74) is 3.48. The van der Waals surface area contributed by atoms with E-state index in [9.17, 15) is 4.79 Å². The maximum Gasteiger partial charge on any atom is 0.244 e. The summed E-state index contributed by atoms with van der Waals surface area (Å²) in [7, 11) is 6.50. The number of benzene rings is 1. The fourth-order valence-corrected chi connectivity index (χ4v) is 3.01. The standard InChI is InChI=1S/C22H24N4O4/c1-26-18(16-7-9-23-10-8-16)13-17(25-26)14-24-21(27)6-5-15-11-19(28-2)22(30-4)20(12-15)29-3/h5-13H,14H2,1-4H3,(H,24,27). The fraction of sp³-hybridized carbons (Fsp3) is 0.227. The van der Waals surface area contributed by atoms with Crippen LogP contribution < -0.4 is 19.5 Å². The molecule has 0 aliphatic heterocycles. The van der Waals surface area contributed by atoms with Gasteiger partial charge in [-0.1, -0.05) is 0 Å². The molecular formula is C22H24N4O4. The zero-order chi connectivity index (χ0) is 21.5. The Bertz CT molecular complexity index is 1020.